The summed E-state index contributed by atoms with van der Waals surface area (Å²) in [6, 6.07) is 0. The molecule has 0 aliphatic rings. The van der Waals surface area contributed by atoms with Crippen molar-refractivity contribution < 1.29 is 9.53 Å². The van der Waals surface area contributed by atoms with Gasteiger partial charge in [-0.2, -0.15) is 0 Å². The molecule has 1 amide bonds. The zero-order chi connectivity index (χ0) is 14.2. The summed E-state index contributed by atoms with van der Waals surface area (Å²) in [7, 11) is 0. The standard InChI is InChI=1S/C14H30N2O2/c1-7-16(13(17)18-14(4,5)6)11-10-15-9-8-12(2)3/h12,15H,7-11H2,1-6H3. The fraction of sp³-hybridized carbons (Fsp3) is 0.929. The number of nitrogens with zero attached hydrogens (tertiary/aromatic N) is 1. The number of amides is 1. The predicted molar refractivity (Wildman–Crippen MR) is 75.8 cm³/mol. The molecule has 0 bridgehead atoms. The van der Waals surface area contributed by atoms with Crippen molar-refractivity contribution in [3.63, 3.8) is 0 Å². The lowest BCUT2D eigenvalue weighted by Gasteiger charge is -2.26. The molecule has 0 aliphatic heterocycles. The average Bonchev–Trinajstić information content (AvgIpc) is 2.20. The summed E-state index contributed by atoms with van der Waals surface area (Å²) in [6.07, 6.45) is 0.939. The molecule has 0 aromatic rings. The number of carbonyl (C=O) groups is 1. The molecule has 0 atom stereocenters. The lowest BCUT2D eigenvalue weighted by Crippen LogP contribution is -2.40. The van der Waals surface area contributed by atoms with Gasteiger partial charge >= 0.3 is 6.09 Å². The van der Waals surface area contributed by atoms with Crippen molar-refractivity contribution in [3.05, 3.63) is 0 Å². The van der Waals surface area contributed by atoms with Gasteiger partial charge in [0.25, 0.3) is 0 Å². The van der Waals surface area contributed by atoms with Crippen LogP contribution in [0.15, 0.2) is 0 Å². The quantitative estimate of drug-likeness (QED) is 0.714. The second-order valence-electron chi connectivity index (χ2n) is 5.99. The molecule has 0 fully saturated rings. The number of nitrogens with one attached hydrogen (secondary N) is 1. The van der Waals surface area contributed by atoms with Crippen LogP contribution < -0.4 is 5.32 Å². The number of ether oxygens (including phenoxy) is 1. The Balaban J connectivity index is 3.86. The Labute approximate surface area is 112 Å². The molecule has 4 nitrogen and oxygen atoms in total. The van der Waals surface area contributed by atoms with Gasteiger partial charge in [0.05, 0.1) is 0 Å². The lowest BCUT2D eigenvalue weighted by molar-refractivity contribution is 0.0262. The van der Waals surface area contributed by atoms with Crippen LogP contribution in [0.25, 0.3) is 0 Å². The predicted octanol–water partition coefficient (Wildman–Crippen LogP) is 2.88. The third kappa shape index (κ3) is 9.28. The molecular weight excluding hydrogens is 228 g/mol. The first-order valence-corrected chi connectivity index (χ1v) is 6.95. The van der Waals surface area contributed by atoms with E-state index in [1.54, 1.807) is 4.90 Å². The van der Waals surface area contributed by atoms with Crippen molar-refractivity contribution >= 4 is 6.09 Å². The summed E-state index contributed by atoms with van der Waals surface area (Å²) in [5.41, 5.74) is -0.421. The van der Waals surface area contributed by atoms with E-state index in [1.807, 2.05) is 27.7 Å². The van der Waals surface area contributed by atoms with Crippen molar-refractivity contribution in [2.45, 2.75) is 53.6 Å². The number of rotatable bonds is 7. The van der Waals surface area contributed by atoms with Gasteiger partial charge in [-0.3, -0.25) is 0 Å². The zero-order valence-corrected chi connectivity index (χ0v) is 12.9. The van der Waals surface area contributed by atoms with Crippen LogP contribution in [0.2, 0.25) is 0 Å². The molecule has 0 radical (unpaired) electrons. The van der Waals surface area contributed by atoms with Crippen LogP contribution in [0, 0.1) is 5.92 Å². The van der Waals surface area contributed by atoms with Gasteiger partial charge in [-0.15, -0.1) is 0 Å². The Morgan fingerprint density at radius 2 is 1.89 bits per heavy atom. The Morgan fingerprint density at radius 1 is 1.28 bits per heavy atom. The van der Waals surface area contributed by atoms with Crippen LogP contribution in [0.1, 0.15) is 48.0 Å². The molecule has 1 N–H and O–H groups in total. The average molecular weight is 258 g/mol. The highest BCUT2D eigenvalue weighted by Crippen LogP contribution is 2.09. The Hall–Kier alpha value is -0.770. The second kappa shape index (κ2) is 8.35. The van der Waals surface area contributed by atoms with Crippen molar-refractivity contribution in [1.82, 2.24) is 10.2 Å². The van der Waals surface area contributed by atoms with Crippen LogP contribution >= 0.6 is 0 Å². The third-order valence-electron chi connectivity index (χ3n) is 2.49. The summed E-state index contributed by atoms with van der Waals surface area (Å²) in [4.78, 5) is 13.6. The van der Waals surface area contributed by atoms with Gasteiger partial charge in [-0.1, -0.05) is 13.8 Å². The van der Waals surface area contributed by atoms with E-state index in [1.165, 1.54) is 6.42 Å². The second-order valence-corrected chi connectivity index (χ2v) is 5.99. The van der Waals surface area contributed by atoms with Gasteiger partial charge in [0, 0.05) is 19.6 Å². The number of carbonyl (C=O) groups excluding carboxylic acids is 1. The monoisotopic (exact) mass is 258 g/mol. The Bertz CT molecular complexity index is 234. The van der Waals surface area contributed by atoms with Crippen molar-refractivity contribution in [1.29, 1.82) is 0 Å². The number of likely N-dealkylation sites (N-methyl/N-ethyl adjacent to an activating group) is 1. The van der Waals surface area contributed by atoms with Crippen molar-refractivity contribution in [2.24, 2.45) is 5.92 Å². The summed E-state index contributed by atoms with van der Waals surface area (Å²) >= 11 is 0. The highest BCUT2D eigenvalue weighted by Gasteiger charge is 2.20. The van der Waals surface area contributed by atoms with Gasteiger partial charge < -0.3 is 15.0 Å². The van der Waals surface area contributed by atoms with E-state index < -0.39 is 5.60 Å². The summed E-state index contributed by atoms with van der Waals surface area (Å²) in [5.74, 6) is 0.714. The first-order valence-electron chi connectivity index (χ1n) is 6.95. The molecule has 18 heavy (non-hydrogen) atoms. The highest BCUT2D eigenvalue weighted by molar-refractivity contribution is 5.68. The Morgan fingerprint density at radius 3 is 2.33 bits per heavy atom. The molecule has 108 valence electrons. The van der Waals surface area contributed by atoms with Crippen LogP contribution in [-0.2, 0) is 4.74 Å². The first kappa shape index (κ1) is 17.2. The summed E-state index contributed by atoms with van der Waals surface area (Å²) in [5, 5.41) is 3.35. The highest BCUT2D eigenvalue weighted by atomic mass is 16.6. The minimum Gasteiger partial charge on any atom is -0.444 e. The molecule has 0 aliphatic carbocycles. The first-order chi connectivity index (χ1) is 8.26. The molecule has 0 spiro atoms. The lowest BCUT2D eigenvalue weighted by atomic mass is 10.1. The molecular formula is C14H30N2O2. The van der Waals surface area contributed by atoms with E-state index in [-0.39, 0.29) is 6.09 Å². The molecule has 0 heterocycles. The van der Waals surface area contributed by atoms with Crippen molar-refractivity contribution in [3.8, 4) is 0 Å². The smallest absolute Gasteiger partial charge is 0.410 e. The van der Waals surface area contributed by atoms with Crippen LogP contribution in [0.3, 0.4) is 0 Å². The van der Waals surface area contributed by atoms with E-state index in [2.05, 4.69) is 19.2 Å². The maximum atomic E-state index is 11.8. The van der Waals surface area contributed by atoms with Crippen molar-refractivity contribution in [2.75, 3.05) is 26.2 Å². The van der Waals surface area contributed by atoms with E-state index in [0.717, 1.165) is 13.1 Å². The van der Waals surface area contributed by atoms with Crippen LogP contribution in [0.5, 0.6) is 0 Å². The fourth-order valence-corrected chi connectivity index (χ4v) is 1.43. The zero-order valence-electron chi connectivity index (χ0n) is 12.9. The molecule has 0 rings (SSSR count). The molecule has 0 saturated heterocycles. The molecule has 4 heteroatoms. The Kier molecular flexibility index (Phi) is 8.00. The van der Waals surface area contributed by atoms with Gasteiger partial charge in [-0.25, -0.2) is 4.79 Å². The SMILES string of the molecule is CCN(CCNCCC(C)C)C(=O)OC(C)(C)C. The topological polar surface area (TPSA) is 41.6 Å². The molecule has 0 unspecified atom stereocenters. The summed E-state index contributed by atoms with van der Waals surface area (Å²) in [6.45, 7) is 15.3. The van der Waals surface area contributed by atoms with E-state index in [0.29, 0.717) is 19.0 Å². The van der Waals surface area contributed by atoms with Crippen LogP contribution in [0.4, 0.5) is 4.79 Å². The number of hydrogen-bond acceptors (Lipinski definition) is 3. The van der Waals surface area contributed by atoms with E-state index in [9.17, 15) is 4.79 Å². The summed E-state index contributed by atoms with van der Waals surface area (Å²) < 4.78 is 5.35. The van der Waals surface area contributed by atoms with Crippen LogP contribution in [-0.4, -0.2) is 42.8 Å². The fourth-order valence-electron chi connectivity index (χ4n) is 1.43. The normalized spacial score (nSPS) is 11.7. The maximum absolute atomic E-state index is 11.8. The van der Waals surface area contributed by atoms with Gasteiger partial charge in [0.2, 0.25) is 0 Å². The maximum Gasteiger partial charge on any atom is 0.410 e. The molecule has 0 aromatic heterocycles. The molecule has 0 saturated carbocycles. The van der Waals surface area contributed by atoms with Gasteiger partial charge in [0.1, 0.15) is 5.60 Å². The third-order valence-corrected chi connectivity index (χ3v) is 2.49. The van der Waals surface area contributed by atoms with E-state index >= 15 is 0 Å². The van der Waals surface area contributed by atoms with E-state index in [4.69, 9.17) is 4.74 Å². The number of hydrogen-bond donors (Lipinski definition) is 1. The van der Waals surface area contributed by atoms with Gasteiger partial charge in [-0.05, 0) is 46.6 Å². The minimum atomic E-state index is -0.421. The largest absolute Gasteiger partial charge is 0.444 e. The minimum absolute atomic E-state index is 0.226. The van der Waals surface area contributed by atoms with Gasteiger partial charge in [0.15, 0.2) is 0 Å². The molecule has 0 aromatic carbocycles.